The van der Waals surface area contributed by atoms with Crippen LogP contribution in [0, 0.1) is 0 Å². The van der Waals surface area contributed by atoms with Crippen molar-refractivity contribution in [2.24, 2.45) is 0 Å². The summed E-state index contributed by atoms with van der Waals surface area (Å²) in [7, 11) is 1.60. The average molecular weight is 278 g/mol. The second kappa shape index (κ2) is 9.67. The van der Waals surface area contributed by atoms with Crippen LogP contribution in [0.3, 0.4) is 0 Å². The normalized spacial score (nSPS) is 13.9. The third kappa shape index (κ3) is 5.85. The minimum absolute atomic E-state index is 0.0336. The fraction of sp³-hybridized carbons (Fsp3) is 0.588. The Morgan fingerprint density at radius 2 is 1.90 bits per heavy atom. The van der Waals surface area contributed by atoms with Gasteiger partial charge in [0.1, 0.15) is 0 Å². The molecule has 0 fully saturated rings. The summed E-state index contributed by atoms with van der Waals surface area (Å²) in [6, 6.07) is 9.09. The van der Waals surface area contributed by atoms with Gasteiger partial charge in [0, 0.05) is 19.1 Å². The second-order valence-electron chi connectivity index (χ2n) is 5.18. The molecule has 20 heavy (non-hydrogen) atoms. The highest BCUT2D eigenvalue weighted by Gasteiger charge is 2.21. The molecule has 0 aliphatic heterocycles. The van der Waals surface area contributed by atoms with Gasteiger partial charge in [-0.2, -0.15) is 0 Å². The second-order valence-corrected chi connectivity index (χ2v) is 5.18. The van der Waals surface area contributed by atoms with Gasteiger partial charge in [0.15, 0.2) is 5.78 Å². The first-order chi connectivity index (χ1) is 9.69. The third-order valence-corrected chi connectivity index (χ3v) is 3.56. The molecule has 3 nitrogen and oxygen atoms in total. The molecule has 0 heterocycles. The van der Waals surface area contributed by atoms with Crippen molar-refractivity contribution in [3.63, 3.8) is 0 Å². The van der Waals surface area contributed by atoms with Crippen LogP contribution in [0.25, 0.3) is 0 Å². The predicted molar refractivity (Wildman–Crippen MR) is 81.0 cm³/mol. The maximum Gasteiger partial charge on any atom is 0.165 e. The van der Waals surface area contributed by atoms with Gasteiger partial charge >= 0.3 is 0 Å². The van der Waals surface area contributed by atoms with Crippen LogP contribution >= 0.6 is 0 Å². The fourth-order valence-electron chi connectivity index (χ4n) is 2.30. The van der Waals surface area contributed by atoms with Crippen LogP contribution in [0.15, 0.2) is 30.3 Å². The zero-order valence-corrected chi connectivity index (χ0v) is 12.5. The molecule has 0 aliphatic carbocycles. The van der Waals surface area contributed by atoms with Crippen molar-refractivity contribution < 1.29 is 14.6 Å². The van der Waals surface area contributed by atoms with E-state index in [2.05, 4.69) is 6.92 Å². The van der Waals surface area contributed by atoms with Crippen LogP contribution in [0.1, 0.15) is 55.8 Å². The highest BCUT2D eigenvalue weighted by Crippen LogP contribution is 2.15. The topological polar surface area (TPSA) is 46.5 Å². The molecular weight excluding hydrogens is 252 g/mol. The molecule has 1 aromatic carbocycles. The molecule has 0 amide bonds. The van der Waals surface area contributed by atoms with Gasteiger partial charge < -0.3 is 9.84 Å². The zero-order chi connectivity index (χ0) is 14.8. The molecule has 2 atom stereocenters. The van der Waals surface area contributed by atoms with Crippen LogP contribution in [0.4, 0.5) is 0 Å². The van der Waals surface area contributed by atoms with Crippen molar-refractivity contribution in [3.05, 3.63) is 35.9 Å². The Morgan fingerprint density at radius 1 is 1.20 bits per heavy atom. The lowest BCUT2D eigenvalue weighted by molar-refractivity contribution is -0.0182. The Bertz CT molecular complexity index is 375. The van der Waals surface area contributed by atoms with Crippen molar-refractivity contribution in [3.8, 4) is 0 Å². The number of aliphatic hydroxyl groups is 1. The predicted octanol–water partition coefficient (Wildman–Crippen LogP) is 3.61. The van der Waals surface area contributed by atoms with Gasteiger partial charge in [-0.3, -0.25) is 4.79 Å². The largest absolute Gasteiger partial charge is 0.390 e. The summed E-state index contributed by atoms with van der Waals surface area (Å²) in [5, 5.41) is 10.2. The van der Waals surface area contributed by atoms with Crippen LogP contribution in [0.2, 0.25) is 0 Å². The van der Waals surface area contributed by atoms with E-state index in [1.54, 1.807) is 19.2 Å². The first-order valence-electron chi connectivity index (χ1n) is 7.48. The average Bonchev–Trinajstić information content (AvgIpc) is 2.48. The molecule has 0 radical (unpaired) electrons. The Hall–Kier alpha value is -1.19. The lowest BCUT2D eigenvalue weighted by Gasteiger charge is -2.21. The zero-order valence-electron chi connectivity index (χ0n) is 12.5. The summed E-state index contributed by atoms with van der Waals surface area (Å²) in [6.07, 6.45) is 4.52. The summed E-state index contributed by atoms with van der Waals surface area (Å²) < 4.78 is 5.33. The van der Waals surface area contributed by atoms with E-state index in [0.29, 0.717) is 5.56 Å². The molecule has 0 aromatic heterocycles. The minimum Gasteiger partial charge on any atom is -0.390 e. The first kappa shape index (κ1) is 16.9. The highest BCUT2D eigenvalue weighted by atomic mass is 16.5. The van der Waals surface area contributed by atoms with Crippen molar-refractivity contribution in [2.45, 2.75) is 57.7 Å². The molecule has 0 spiro atoms. The summed E-state index contributed by atoms with van der Waals surface area (Å²) in [5.74, 6) is -0.0336. The molecule has 3 heteroatoms. The molecule has 0 saturated carbocycles. The Kier molecular flexibility index (Phi) is 8.16. The van der Waals surface area contributed by atoms with Crippen LogP contribution in [0.5, 0.6) is 0 Å². The molecule has 0 bridgehead atoms. The fourth-order valence-corrected chi connectivity index (χ4v) is 2.30. The monoisotopic (exact) mass is 278 g/mol. The molecule has 112 valence electrons. The SMILES string of the molecule is CCCCCC[C@@H](OC)[C@@H](O)CC(=O)c1ccccc1. The summed E-state index contributed by atoms with van der Waals surface area (Å²) >= 11 is 0. The number of carbonyl (C=O) groups excluding carboxylic acids is 1. The van der Waals surface area contributed by atoms with E-state index in [4.69, 9.17) is 4.74 Å². The van der Waals surface area contributed by atoms with E-state index in [1.165, 1.54) is 12.8 Å². The van der Waals surface area contributed by atoms with E-state index in [0.717, 1.165) is 19.3 Å². The Balaban J connectivity index is 2.42. The number of unbranched alkanes of at least 4 members (excludes halogenated alkanes) is 3. The van der Waals surface area contributed by atoms with Crippen LogP contribution in [-0.2, 0) is 4.74 Å². The third-order valence-electron chi connectivity index (χ3n) is 3.56. The van der Waals surface area contributed by atoms with Crippen molar-refractivity contribution in [1.82, 2.24) is 0 Å². The van der Waals surface area contributed by atoms with E-state index in [1.807, 2.05) is 18.2 Å². The number of aliphatic hydroxyl groups excluding tert-OH is 1. The quantitative estimate of drug-likeness (QED) is 0.525. The maximum atomic E-state index is 12.0. The number of hydrogen-bond donors (Lipinski definition) is 1. The van der Waals surface area contributed by atoms with Crippen molar-refractivity contribution in [1.29, 1.82) is 0 Å². The van der Waals surface area contributed by atoms with Gasteiger partial charge in [-0.25, -0.2) is 0 Å². The molecule has 1 N–H and O–H groups in total. The van der Waals surface area contributed by atoms with Crippen LogP contribution < -0.4 is 0 Å². The van der Waals surface area contributed by atoms with Crippen molar-refractivity contribution in [2.75, 3.05) is 7.11 Å². The summed E-state index contributed by atoms with van der Waals surface area (Å²) in [4.78, 5) is 12.0. The number of carbonyl (C=O) groups is 1. The van der Waals surface area contributed by atoms with Crippen LogP contribution in [-0.4, -0.2) is 30.2 Å². The molecular formula is C17H26O3. The molecule has 0 unspecified atom stereocenters. The van der Waals surface area contributed by atoms with Gasteiger partial charge in [-0.1, -0.05) is 62.9 Å². The smallest absolute Gasteiger partial charge is 0.165 e. The standard InChI is InChI=1S/C17H26O3/c1-3-4-5-9-12-17(20-2)16(19)13-15(18)14-10-7-6-8-11-14/h6-8,10-11,16-17,19H,3-5,9,12-13H2,1-2H3/t16-,17+/m0/s1. The lowest BCUT2D eigenvalue weighted by atomic mass is 9.98. The van der Waals surface area contributed by atoms with E-state index < -0.39 is 6.10 Å². The van der Waals surface area contributed by atoms with E-state index >= 15 is 0 Å². The van der Waals surface area contributed by atoms with Gasteiger partial charge in [0.25, 0.3) is 0 Å². The number of hydrogen-bond acceptors (Lipinski definition) is 3. The number of methoxy groups -OCH3 is 1. The Labute approximate surface area is 122 Å². The number of rotatable bonds is 10. The highest BCUT2D eigenvalue weighted by molar-refractivity contribution is 5.96. The van der Waals surface area contributed by atoms with Gasteiger partial charge in [0.05, 0.1) is 12.2 Å². The van der Waals surface area contributed by atoms with E-state index in [-0.39, 0.29) is 18.3 Å². The van der Waals surface area contributed by atoms with Gasteiger partial charge in [-0.05, 0) is 6.42 Å². The van der Waals surface area contributed by atoms with Gasteiger partial charge in [-0.15, -0.1) is 0 Å². The Morgan fingerprint density at radius 3 is 2.50 bits per heavy atom. The van der Waals surface area contributed by atoms with Gasteiger partial charge in [0.2, 0.25) is 0 Å². The first-order valence-corrected chi connectivity index (χ1v) is 7.48. The number of benzene rings is 1. The summed E-state index contributed by atoms with van der Waals surface area (Å²) in [6.45, 7) is 2.17. The molecule has 0 saturated heterocycles. The summed E-state index contributed by atoms with van der Waals surface area (Å²) in [5.41, 5.74) is 0.646. The van der Waals surface area contributed by atoms with Crippen molar-refractivity contribution >= 4 is 5.78 Å². The molecule has 1 aromatic rings. The molecule has 0 aliphatic rings. The number of ether oxygens (including phenoxy) is 1. The van der Waals surface area contributed by atoms with E-state index in [9.17, 15) is 9.90 Å². The maximum absolute atomic E-state index is 12.0. The number of ketones is 1. The lowest BCUT2D eigenvalue weighted by Crippen LogP contribution is -2.30. The molecule has 1 rings (SSSR count). The minimum atomic E-state index is -0.727. The number of Topliss-reactive ketones (excluding diaryl/α,β-unsaturated/α-hetero) is 1.